The van der Waals surface area contributed by atoms with Crippen molar-refractivity contribution in [2.45, 2.75) is 31.9 Å². The quantitative estimate of drug-likeness (QED) is 0.613. The van der Waals surface area contributed by atoms with Gasteiger partial charge in [0.2, 0.25) is 0 Å². The summed E-state index contributed by atoms with van der Waals surface area (Å²) in [4.78, 5) is 22.3. The molecule has 0 aromatic heterocycles. The van der Waals surface area contributed by atoms with E-state index in [4.69, 9.17) is 4.74 Å². The van der Waals surface area contributed by atoms with Gasteiger partial charge >= 0.3 is 6.03 Å². The van der Waals surface area contributed by atoms with Gasteiger partial charge in [0.15, 0.2) is 0 Å². The van der Waals surface area contributed by atoms with Crippen LogP contribution in [0.2, 0.25) is 0 Å². The number of amides is 3. The molecule has 3 amide bonds. The first kappa shape index (κ1) is 12.9. The first-order valence-electron chi connectivity index (χ1n) is 5.51. The molecular weight excluding hydrogens is 210 g/mol. The number of nitrogens with one attached hydrogen (secondary N) is 3. The zero-order chi connectivity index (χ0) is 12.0. The SMILES string of the molecule is CNC(=O)NC(=O)C(C)OCC1CCCN1. The van der Waals surface area contributed by atoms with Crippen LogP contribution in [0.4, 0.5) is 4.79 Å². The molecule has 0 aliphatic carbocycles. The van der Waals surface area contributed by atoms with E-state index in [0.717, 1.165) is 19.4 Å². The highest BCUT2D eigenvalue weighted by molar-refractivity contribution is 5.96. The summed E-state index contributed by atoms with van der Waals surface area (Å²) in [6.07, 6.45) is 1.61. The van der Waals surface area contributed by atoms with Gasteiger partial charge in [-0.15, -0.1) is 0 Å². The summed E-state index contributed by atoms with van der Waals surface area (Å²) in [5, 5.41) is 7.75. The van der Waals surface area contributed by atoms with E-state index in [9.17, 15) is 9.59 Å². The van der Waals surface area contributed by atoms with Crippen LogP contribution in [0.1, 0.15) is 19.8 Å². The first-order valence-corrected chi connectivity index (χ1v) is 5.51. The van der Waals surface area contributed by atoms with E-state index in [1.165, 1.54) is 7.05 Å². The van der Waals surface area contributed by atoms with Crippen molar-refractivity contribution >= 4 is 11.9 Å². The molecule has 1 heterocycles. The molecular formula is C10H19N3O3. The first-order chi connectivity index (χ1) is 7.63. The van der Waals surface area contributed by atoms with E-state index >= 15 is 0 Å². The highest BCUT2D eigenvalue weighted by atomic mass is 16.5. The van der Waals surface area contributed by atoms with Crippen LogP contribution in [0.3, 0.4) is 0 Å². The van der Waals surface area contributed by atoms with Gasteiger partial charge in [0.1, 0.15) is 6.10 Å². The summed E-state index contributed by atoms with van der Waals surface area (Å²) in [6.45, 7) is 3.14. The molecule has 0 aromatic carbocycles. The lowest BCUT2D eigenvalue weighted by molar-refractivity contribution is -0.130. The van der Waals surface area contributed by atoms with Gasteiger partial charge in [0, 0.05) is 13.1 Å². The van der Waals surface area contributed by atoms with Crippen molar-refractivity contribution in [3.05, 3.63) is 0 Å². The normalized spacial score (nSPS) is 21.5. The number of carbonyl (C=O) groups is 2. The number of hydrogen-bond donors (Lipinski definition) is 3. The third-order valence-electron chi connectivity index (χ3n) is 2.54. The largest absolute Gasteiger partial charge is 0.367 e. The molecule has 1 aliphatic heterocycles. The Morgan fingerprint density at radius 1 is 1.56 bits per heavy atom. The Morgan fingerprint density at radius 3 is 2.88 bits per heavy atom. The van der Waals surface area contributed by atoms with E-state index in [1.807, 2.05) is 0 Å². The van der Waals surface area contributed by atoms with Crippen molar-refractivity contribution in [1.29, 1.82) is 0 Å². The van der Waals surface area contributed by atoms with Crippen LogP contribution >= 0.6 is 0 Å². The maximum absolute atomic E-state index is 11.4. The summed E-state index contributed by atoms with van der Waals surface area (Å²) < 4.78 is 5.38. The number of ether oxygens (including phenoxy) is 1. The van der Waals surface area contributed by atoms with Crippen molar-refractivity contribution in [2.24, 2.45) is 0 Å². The Morgan fingerprint density at radius 2 is 2.31 bits per heavy atom. The van der Waals surface area contributed by atoms with Crippen LogP contribution in [-0.4, -0.2) is 44.3 Å². The molecule has 1 saturated heterocycles. The van der Waals surface area contributed by atoms with Crippen molar-refractivity contribution < 1.29 is 14.3 Å². The zero-order valence-electron chi connectivity index (χ0n) is 9.71. The van der Waals surface area contributed by atoms with E-state index in [0.29, 0.717) is 12.6 Å². The molecule has 0 saturated carbocycles. The van der Waals surface area contributed by atoms with Gasteiger partial charge in [0.05, 0.1) is 6.61 Å². The Hall–Kier alpha value is -1.14. The van der Waals surface area contributed by atoms with Gasteiger partial charge in [-0.3, -0.25) is 10.1 Å². The minimum Gasteiger partial charge on any atom is -0.367 e. The molecule has 2 unspecified atom stereocenters. The second kappa shape index (κ2) is 6.44. The van der Waals surface area contributed by atoms with E-state index in [-0.39, 0.29) is 0 Å². The molecule has 6 heteroatoms. The van der Waals surface area contributed by atoms with Crippen LogP contribution in [0.25, 0.3) is 0 Å². The fourth-order valence-corrected chi connectivity index (χ4v) is 1.51. The van der Waals surface area contributed by atoms with Gasteiger partial charge in [-0.05, 0) is 26.3 Å². The van der Waals surface area contributed by atoms with E-state index < -0.39 is 18.0 Å². The van der Waals surface area contributed by atoms with Crippen molar-refractivity contribution in [3.8, 4) is 0 Å². The topological polar surface area (TPSA) is 79.5 Å². The summed E-state index contributed by atoms with van der Waals surface area (Å²) in [6, 6.07) is -0.185. The van der Waals surface area contributed by atoms with Crippen LogP contribution in [0.5, 0.6) is 0 Å². The number of imide groups is 1. The van der Waals surface area contributed by atoms with Crippen LogP contribution < -0.4 is 16.0 Å². The monoisotopic (exact) mass is 229 g/mol. The predicted molar refractivity (Wildman–Crippen MR) is 59.0 cm³/mol. The average molecular weight is 229 g/mol. The standard InChI is InChI=1S/C10H19N3O3/c1-7(9(14)13-10(15)11-2)16-6-8-4-3-5-12-8/h7-8,12H,3-6H2,1-2H3,(H2,11,13,14,15). The minimum absolute atomic E-state index is 0.329. The summed E-state index contributed by atoms with van der Waals surface area (Å²) in [5.41, 5.74) is 0. The highest BCUT2D eigenvalue weighted by Gasteiger charge is 2.19. The molecule has 0 spiro atoms. The third kappa shape index (κ3) is 4.16. The van der Waals surface area contributed by atoms with E-state index in [2.05, 4.69) is 16.0 Å². The second-order valence-corrected chi connectivity index (χ2v) is 3.84. The molecule has 16 heavy (non-hydrogen) atoms. The third-order valence-corrected chi connectivity index (χ3v) is 2.54. The van der Waals surface area contributed by atoms with Crippen molar-refractivity contribution in [3.63, 3.8) is 0 Å². The van der Waals surface area contributed by atoms with Crippen LogP contribution in [0.15, 0.2) is 0 Å². The lowest BCUT2D eigenvalue weighted by atomic mass is 10.2. The predicted octanol–water partition coefficient (Wildman–Crippen LogP) is -0.401. The Balaban J connectivity index is 2.20. The number of rotatable bonds is 4. The van der Waals surface area contributed by atoms with Crippen molar-refractivity contribution in [1.82, 2.24) is 16.0 Å². The highest BCUT2D eigenvalue weighted by Crippen LogP contribution is 2.06. The van der Waals surface area contributed by atoms with Crippen LogP contribution in [-0.2, 0) is 9.53 Å². The Labute approximate surface area is 95.1 Å². The average Bonchev–Trinajstić information content (AvgIpc) is 2.78. The maximum atomic E-state index is 11.4. The molecule has 92 valence electrons. The number of carbonyl (C=O) groups excluding carboxylic acids is 2. The van der Waals surface area contributed by atoms with Gasteiger partial charge < -0.3 is 15.4 Å². The Kier molecular flexibility index (Phi) is 5.21. The van der Waals surface area contributed by atoms with Crippen LogP contribution in [0, 0.1) is 0 Å². The summed E-state index contributed by atoms with van der Waals surface area (Å²) >= 11 is 0. The maximum Gasteiger partial charge on any atom is 0.321 e. The smallest absolute Gasteiger partial charge is 0.321 e. The van der Waals surface area contributed by atoms with Gasteiger partial charge in [-0.1, -0.05) is 0 Å². The molecule has 0 bridgehead atoms. The van der Waals surface area contributed by atoms with Gasteiger partial charge in [-0.25, -0.2) is 4.79 Å². The number of urea groups is 1. The number of hydrogen-bond acceptors (Lipinski definition) is 4. The molecule has 3 N–H and O–H groups in total. The molecule has 1 aliphatic rings. The summed E-state index contributed by atoms with van der Waals surface area (Å²) in [7, 11) is 1.45. The zero-order valence-corrected chi connectivity index (χ0v) is 9.71. The molecule has 0 aromatic rings. The molecule has 1 fully saturated rings. The second-order valence-electron chi connectivity index (χ2n) is 3.84. The fraction of sp³-hybridized carbons (Fsp3) is 0.800. The molecule has 1 rings (SSSR count). The minimum atomic E-state index is -0.611. The lowest BCUT2D eigenvalue weighted by Crippen LogP contribution is -2.43. The Bertz CT molecular complexity index is 252. The molecule has 2 atom stereocenters. The van der Waals surface area contributed by atoms with Gasteiger partial charge in [0.25, 0.3) is 5.91 Å². The van der Waals surface area contributed by atoms with Crippen molar-refractivity contribution in [2.75, 3.05) is 20.2 Å². The summed E-state index contributed by atoms with van der Waals surface area (Å²) in [5.74, 6) is -0.419. The lowest BCUT2D eigenvalue weighted by Gasteiger charge is -2.15. The van der Waals surface area contributed by atoms with Gasteiger partial charge in [-0.2, -0.15) is 0 Å². The van der Waals surface area contributed by atoms with E-state index in [1.54, 1.807) is 6.92 Å². The molecule has 6 nitrogen and oxygen atoms in total. The molecule has 0 radical (unpaired) electrons. The fourth-order valence-electron chi connectivity index (χ4n) is 1.51.